The van der Waals surface area contributed by atoms with Gasteiger partial charge in [-0.05, 0) is 42.5 Å². The van der Waals surface area contributed by atoms with Gasteiger partial charge < -0.3 is 10.4 Å². The molecule has 0 unspecified atom stereocenters. The highest BCUT2D eigenvalue weighted by Gasteiger charge is 2.24. The number of carbonyl (C=O) groups is 2. The first-order valence-corrected chi connectivity index (χ1v) is 9.70. The molecule has 0 aromatic heterocycles. The minimum Gasteiger partial charge on any atom is -0.480 e. The molecule has 4 nitrogen and oxygen atoms in total. The fourth-order valence-corrected chi connectivity index (χ4v) is 3.07. The van der Waals surface area contributed by atoms with Crippen molar-refractivity contribution in [2.24, 2.45) is 0 Å². The Morgan fingerprint density at radius 1 is 1.19 bits per heavy atom. The Hall–Kier alpha value is -2.34. The summed E-state index contributed by atoms with van der Waals surface area (Å²) in [4.78, 5) is 23.7. The van der Waals surface area contributed by atoms with Crippen LogP contribution < -0.4 is 5.32 Å². The van der Waals surface area contributed by atoms with Gasteiger partial charge >= 0.3 is 5.97 Å². The summed E-state index contributed by atoms with van der Waals surface area (Å²) < 4.78 is 14.5. The maximum atomic E-state index is 14.5. The predicted molar refractivity (Wildman–Crippen MR) is 103 cm³/mol. The number of hydrogen-bond donors (Lipinski definition) is 2. The molecule has 0 spiro atoms. The van der Waals surface area contributed by atoms with Gasteiger partial charge in [0, 0.05) is 5.56 Å². The highest BCUT2D eigenvalue weighted by Crippen LogP contribution is 2.26. The topological polar surface area (TPSA) is 66.4 Å². The van der Waals surface area contributed by atoms with E-state index in [1.54, 1.807) is 19.1 Å². The Morgan fingerprint density at radius 2 is 1.88 bits per heavy atom. The van der Waals surface area contributed by atoms with E-state index in [0.29, 0.717) is 23.3 Å². The van der Waals surface area contributed by atoms with Crippen LogP contribution in [0.25, 0.3) is 11.1 Å². The molecule has 138 valence electrons. The molecule has 0 heterocycles. The number of amides is 1. The summed E-state index contributed by atoms with van der Waals surface area (Å²) in [6.07, 6.45) is 2.22. The zero-order valence-electron chi connectivity index (χ0n) is 14.7. The van der Waals surface area contributed by atoms with Gasteiger partial charge in [-0.2, -0.15) is 11.8 Å². The fraction of sp³-hybridized carbons (Fsp3) is 0.300. The van der Waals surface area contributed by atoms with Crippen molar-refractivity contribution >= 4 is 23.6 Å². The number of carbonyl (C=O) groups excluding carboxylic acids is 1. The van der Waals surface area contributed by atoms with Crippen LogP contribution in [0.3, 0.4) is 0 Å². The van der Waals surface area contributed by atoms with E-state index in [0.717, 1.165) is 5.56 Å². The lowest BCUT2D eigenvalue weighted by molar-refractivity contribution is -0.142. The van der Waals surface area contributed by atoms with Crippen molar-refractivity contribution < 1.29 is 19.1 Å². The predicted octanol–water partition coefficient (Wildman–Crippen LogP) is 3.92. The van der Waals surface area contributed by atoms with E-state index in [-0.39, 0.29) is 0 Å². The molecule has 0 aliphatic carbocycles. The van der Waals surface area contributed by atoms with E-state index in [1.807, 2.05) is 36.6 Å². The summed E-state index contributed by atoms with van der Waals surface area (Å²) in [6, 6.07) is 12.9. The minimum atomic E-state index is -1.06. The molecule has 6 heteroatoms. The molecule has 0 radical (unpaired) electrons. The first-order valence-electron chi connectivity index (χ1n) is 8.31. The number of benzene rings is 2. The van der Waals surface area contributed by atoms with Crippen molar-refractivity contribution in [3.05, 3.63) is 59.9 Å². The molecule has 0 bridgehead atoms. The number of hydrogen-bond acceptors (Lipinski definition) is 3. The minimum absolute atomic E-state index is 0.344. The van der Waals surface area contributed by atoms with E-state index >= 15 is 0 Å². The Bertz CT molecular complexity index is 767. The fourth-order valence-electron chi connectivity index (χ4n) is 2.59. The SMILES string of the molecule is CSCC[C@H](NC(=O)[C@H](C)c1ccc(-c2ccccc2)c(F)c1)C(=O)O. The van der Waals surface area contributed by atoms with Gasteiger partial charge in [0.05, 0.1) is 5.92 Å². The second-order valence-electron chi connectivity index (χ2n) is 6.01. The van der Waals surface area contributed by atoms with Crippen molar-refractivity contribution in [1.29, 1.82) is 0 Å². The maximum absolute atomic E-state index is 14.5. The molecule has 0 aliphatic rings. The summed E-state index contributed by atoms with van der Waals surface area (Å²) in [5.41, 5.74) is 1.73. The molecule has 0 aliphatic heterocycles. The lowest BCUT2D eigenvalue weighted by Gasteiger charge is -2.18. The lowest BCUT2D eigenvalue weighted by atomic mass is 9.96. The van der Waals surface area contributed by atoms with Crippen LogP contribution in [0.4, 0.5) is 4.39 Å². The average molecular weight is 375 g/mol. The van der Waals surface area contributed by atoms with Crippen molar-refractivity contribution in [3.63, 3.8) is 0 Å². The van der Waals surface area contributed by atoms with Gasteiger partial charge in [0.25, 0.3) is 0 Å². The summed E-state index contributed by atoms with van der Waals surface area (Å²) >= 11 is 1.52. The number of carboxylic acid groups (broad SMARTS) is 1. The van der Waals surface area contributed by atoms with Gasteiger partial charge in [-0.25, -0.2) is 9.18 Å². The second-order valence-corrected chi connectivity index (χ2v) is 6.99. The highest BCUT2D eigenvalue weighted by molar-refractivity contribution is 7.98. The van der Waals surface area contributed by atoms with Crippen LogP contribution >= 0.6 is 11.8 Å². The van der Waals surface area contributed by atoms with Crippen LogP contribution in [-0.4, -0.2) is 35.0 Å². The van der Waals surface area contributed by atoms with Gasteiger partial charge in [-0.15, -0.1) is 0 Å². The first kappa shape index (κ1) is 20.0. The van der Waals surface area contributed by atoms with Crippen LogP contribution in [0.2, 0.25) is 0 Å². The quantitative estimate of drug-likeness (QED) is 0.734. The van der Waals surface area contributed by atoms with Crippen LogP contribution in [0, 0.1) is 5.82 Å². The van der Waals surface area contributed by atoms with E-state index < -0.39 is 29.7 Å². The molecule has 2 aromatic rings. The molecule has 2 atom stereocenters. The first-order chi connectivity index (χ1) is 12.4. The normalized spacial score (nSPS) is 13.0. The number of carboxylic acids is 1. The van der Waals surface area contributed by atoms with E-state index in [1.165, 1.54) is 17.8 Å². The molecule has 2 aromatic carbocycles. The van der Waals surface area contributed by atoms with Crippen molar-refractivity contribution in [1.82, 2.24) is 5.32 Å². The van der Waals surface area contributed by atoms with Gasteiger partial charge in [0.15, 0.2) is 0 Å². The third kappa shape index (κ3) is 5.08. The Labute approximate surface area is 156 Å². The van der Waals surface area contributed by atoms with Gasteiger partial charge in [-0.1, -0.05) is 42.5 Å². The third-order valence-electron chi connectivity index (χ3n) is 4.20. The summed E-state index contributed by atoms with van der Waals surface area (Å²) in [5.74, 6) is -1.92. The molecule has 1 amide bonds. The molecule has 2 rings (SSSR count). The highest BCUT2D eigenvalue weighted by atomic mass is 32.2. The molecule has 0 saturated heterocycles. The second kappa shape index (κ2) is 9.38. The number of thioether (sulfide) groups is 1. The summed E-state index contributed by atoms with van der Waals surface area (Å²) in [7, 11) is 0. The van der Waals surface area contributed by atoms with Gasteiger partial charge in [0.2, 0.25) is 5.91 Å². The number of rotatable bonds is 8. The molecular weight excluding hydrogens is 353 g/mol. The number of nitrogens with one attached hydrogen (secondary N) is 1. The molecule has 26 heavy (non-hydrogen) atoms. The Kier molecular flexibility index (Phi) is 7.21. The van der Waals surface area contributed by atoms with E-state index in [9.17, 15) is 19.1 Å². The number of aliphatic carboxylic acids is 1. The van der Waals surface area contributed by atoms with Crippen molar-refractivity contribution in [2.75, 3.05) is 12.0 Å². The zero-order chi connectivity index (χ0) is 19.1. The molecule has 0 fully saturated rings. The molecular formula is C20H22FNO3S. The average Bonchev–Trinajstić information content (AvgIpc) is 2.64. The molecule has 2 N–H and O–H groups in total. The monoisotopic (exact) mass is 375 g/mol. The largest absolute Gasteiger partial charge is 0.480 e. The molecule has 0 saturated carbocycles. The van der Waals surface area contributed by atoms with Crippen molar-refractivity contribution in [2.45, 2.75) is 25.3 Å². The Balaban J connectivity index is 2.13. The van der Waals surface area contributed by atoms with Crippen LogP contribution in [0.15, 0.2) is 48.5 Å². The zero-order valence-corrected chi connectivity index (χ0v) is 15.6. The van der Waals surface area contributed by atoms with Crippen molar-refractivity contribution in [3.8, 4) is 11.1 Å². The third-order valence-corrected chi connectivity index (χ3v) is 4.84. The summed E-state index contributed by atoms with van der Waals surface area (Å²) in [5, 5.41) is 11.8. The summed E-state index contributed by atoms with van der Waals surface area (Å²) in [6.45, 7) is 1.64. The lowest BCUT2D eigenvalue weighted by Crippen LogP contribution is -2.42. The van der Waals surface area contributed by atoms with Crippen LogP contribution in [-0.2, 0) is 9.59 Å². The van der Waals surface area contributed by atoms with Gasteiger partial charge in [0.1, 0.15) is 11.9 Å². The van der Waals surface area contributed by atoms with Gasteiger partial charge in [-0.3, -0.25) is 4.79 Å². The smallest absolute Gasteiger partial charge is 0.326 e. The maximum Gasteiger partial charge on any atom is 0.326 e. The van der Waals surface area contributed by atoms with E-state index in [4.69, 9.17) is 0 Å². The van der Waals surface area contributed by atoms with Crippen LogP contribution in [0.5, 0.6) is 0 Å². The standard InChI is InChI=1S/C20H22FNO3S/c1-13(19(23)22-18(20(24)25)10-11-26-2)15-8-9-16(17(21)12-15)14-6-4-3-5-7-14/h3-9,12-13,18H,10-11H2,1-2H3,(H,22,23)(H,24,25)/t13-,18+/m1/s1. The van der Waals surface area contributed by atoms with E-state index in [2.05, 4.69) is 5.32 Å². The Morgan fingerprint density at radius 3 is 2.46 bits per heavy atom. The number of halogens is 1. The van der Waals surface area contributed by atoms with Crippen LogP contribution in [0.1, 0.15) is 24.8 Å².